The molecule has 0 saturated carbocycles. The van der Waals surface area contributed by atoms with Gasteiger partial charge in [0.2, 0.25) is 0 Å². The van der Waals surface area contributed by atoms with Gasteiger partial charge >= 0.3 is 5.97 Å². The number of benzene rings is 3. The first-order valence-electron chi connectivity index (χ1n) is 9.75. The Morgan fingerprint density at radius 2 is 1.41 bits per heavy atom. The number of hydrogen-bond donors (Lipinski definition) is 1. The zero-order chi connectivity index (χ0) is 24.4. The van der Waals surface area contributed by atoms with Crippen LogP contribution in [-0.4, -0.2) is 24.9 Å². The van der Waals surface area contributed by atoms with Crippen molar-refractivity contribution in [1.82, 2.24) is 0 Å². The molecule has 0 atom stereocenters. The molecule has 10 heteroatoms. The first-order chi connectivity index (χ1) is 16.3. The van der Waals surface area contributed by atoms with E-state index in [4.69, 9.17) is 44.3 Å². The number of rotatable bonds is 6. The average molecular weight is 518 g/mol. The Labute approximate surface area is 209 Å². The zero-order valence-corrected chi connectivity index (χ0v) is 19.7. The van der Waals surface area contributed by atoms with Crippen LogP contribution in [0.15, 0.2) is 77.5 Å². The van der Waals surface area contributed by atoms with Gasteiger partial charge < -0.3 is 14.8 Å². The van der Waals surface area contributed by atoms with Crippen LogP contribution < -0.4 is 19.7 Å². The summed E-state index contributed by atoms with van der Waals surface area (Å²) in [5, 5.41) is 3.07. The second kappa shape index (κ2) is 9.77. The Morgan fingerprint density at radius 1 is 0.824 bits per heavy atom. The van der Waals surface area contributed by atoms with Gasteiger partial charge in [-0.05, 0) is 66.7 Å². The fraction of sp³-hybridized carbons (Fsp3) is 0.0417. The van der Waals surface area contributed by atoms with Crippen LogP contribution in [0, 0.1) is 0 Å². The van der Waals surface area contributed by atoms with Crippen molar-refractivity contribution in [3.8, 4) is 11.5 Å². The smallest absolute Gasteiger partial charge is 0.343 e. The Kier molecular flexibility index (Phi) is 6.79. The van der Waals surface area contributed by atoms with E-state index in [1.807, 2.05) is 0 Å². The Hall–Kier alpha value is -3.52. The first kappa shape index (κ1) is 23.6. The van der Waals surface area contributed by atoms with E-state index in [9.17, 15) is 14.4 Å². The van der Waals surface area contributed by atoms with Crippen LogP contribution in [-0.2, 0) is 9.59 Å². The van der Waals surface area contributed by atoms with E-state index in [2.05, 4.69) is 5.32 Å². The maximum absolute atomic E-state index is 12.9. The summed E-state index contributed by atoms with van der Waals surface area (Å²) in [6.07, 6.45) is 0. The topological polar surface area (TPSA) is 84.9 Å². The molecule has 4 rings (SSSR count). The number of halogens is 3. The summed E-state index contributed by atoms with van der Waals surface area (Å²) < 4.78 is 10.4. The highest BCUT2D eigenvalue weighted by Crippen LogP contribution is 2.33. The van der Waals surface area contributed by atoms with Gasteiger partial charge in [-0.25, -0.2) is 9.69 Å². The number of nitrogens with one attached hydrogen (secondary N) is 1. The van der Waals surface area contributed by atoms with Crippen molar-refractivity contribution in [3.05, 3.63) is 93.1 Å². The van der Waals surface area contributed by atoms with Gasteiger partial charge in [-0.2, -0.15) is 0 Å². The summed E-state index contributed by atoms with van der Waals surface area (Å²) in [6.45, 7) is 0. The minimum Gasteiger partial charge on any atom is -0.497 e. The second-order valence-electron chi connectivity index (χ2n) is 7.03. The largest absolute Gasteiger partial charge is 0.497 e. The molecule has 0 fully saturated rings. The number of ether oxygens (including phenoxy) is 2. The highest BCUT2D eigenvalue weighted by molar-refractivity contribution is 6.53. The molecule has 0 aromatic heterocycles. The van der Waals surface area contributed by atoms with Gasteiger partial charge in [-0.3, -0.25) is 9.59 Å². The van der Waals surface area contributed by atoms with Crippen molar-refractivity contribution in [2.75, 3.05) is 17.3 Å². The van der Waals surface area contributed by atoms with Crippen LogP contribution in [0.2, 0.25) is 10.0 Å². The quantitative estimate of drug-likeness (QED) is 0.258. The predicted octanol–water partition coefficient (Wildman–Crippen LogP) is 5.66. The number of imide groups is 1. The molecular formula is C24H15Cl3N2O5. The summed E-state index contributed by atoms with van der Waals surface area (Å²) in [7, 11) is 1.54. The van der Waals surface area contributed by atoms with Gasteiger partial charge in [0.25, 0.3) is 11.8 Å². The van der Waals surface area contributed by atoms with E-state index in [0.29, 0.717) is 17.2 Å². The van der Waals surface area contributed by atoms with Gasteiger partial charge in [0.1, 0.15) is 22.2 Å². The lowest BCUT2D eigenvalue weighted by atomic mass is 10.2. The van der Waals surface area contributed by atoms with E-state index in [0.717, 1.165) is 4.90 Å². The number of amides is 2. The lowest BCUT2D eigenvalue weighted by Crippen LogP contribution is -2.32. The number of esters is 1. The van der Waals surface area contributed by atoms with Crippen molar-refractivity contribution >= 4 is 64.0 Å². The van der Waals surface area contributed by atoms with Crippen molar-refractivity contribution in [2.45, 2.75) is 0 Å². The van der Waals surface area contributed by atoms with Gasteiger partial charge in [0.15, 0.2) is 0 Å². The van der Waals surface area contributed by atoms with E-state index in [1.54, 1.807) is 43.5 Å². The van der Waals surface area contributed by atoms with Crippen LogP contribution in [0.25, 0.3) is 0 Å². The highest BCUT2D eigenvalue weighted by Gasteiger charge is 2.39. The SMILES string of the molecule is COc1ccc(OC(=O)c2ccc(NC3=C(Cl)C(=O)N(c4cc(Cl)cc(Cl)c4)C3=O)cc2)cc1. The van der Waals surface area contributed by atoms with E-state index in [1.165, 1.54) is 30.3 Å². The molecule has 0 bridgehead atoms. The maximum Gasteiger partial charge on any atom is 0.343 e. The fourth-order valence-electron chi connectivity index (χ4n) is 3.16. The van der Waals surface area contributed by atoms with Crippen LogP contribution in [0.5, 0.6) is 11.5 Å². The zero-order valence-electron chi connectivity index (χ0n) is 17.5. The molecule has 34 heavy (non-hydrogen) atoms. The summed E-state index contributed by atoms with van der Waals surface area (Å²) in [4.78, 5) is 38.8. The minimum absolute atomic E-state index is 0.115. The molecule has 172 valence electrons. The van der Waals surface area contributed by atoms with Crippen molar-refractivity contribution in [3.63, 3.8) is 0 Å². The van der Waals surface area contributed by atoms with Crippen molar-refractivity contribution in [1.29, 1.82) is 0 Å². The molecule has 0 saturated heterocycles. The lowest BCUT2D eigenvalue weighted by molar-refractivity contribution is -0.120. The molecule has 3 aromatic carbocycles. The third-order valence-corrected chi connectivity index (χ3v) is 5.58. The molecule has 7 nitrogen and oxygen atoms in total. The molecule has 0 unspecified atom stereocenters. The number of carbonyl (C=O) groups is 3. The maximum atomic E-state index is 12.9. The molecule has 2 amide bonds. The summed E-state index contributed by atoms with van der Waals surface area (Å²) >= 11 is 18.1. The molecule has 1 aliphatic rings. The molecule has 1 aliphatic heterocycles. The van der Waals surface area contributed by atoms with Crippen molar-refractivity contribution < 1.29 is 23.9 Å². The Morgan fingerprint density at radius 3 is 2.00 bits per heavy atom. The number of nitrogens with zero attached hydrogens (tertiary/aromatic N) is 1. The molecule has 3 aromatic rings. The third-order valence-electron chi connectivity index (χ3n) is 4.79. The van der Waals surface area contributed by atoms with Crippen LogP contribution in [0.4, 0.5) is 11.4 Å². The second-order valence-corrected chi connectivity index (χ2v) is 8.28. The van der Waals surface area contributed by atoms with E-state index < -0.39 is 17.8 Å². The van der Waals surface area contributed by atoms with Gasteiger partial charge in [0.05, 0.1) is 18.4 Å². The molecule has 0 spiro atoms. The lowest BCUT2D eigenvalue weighted by Gasteiger charge is -2.16. The van der Waals surface area contributed by atoms with Crippen LogP contribution in [0.3, 0.4) is 0 Å². The number of methoxy groups -OCH3 is 1. The number of carbonyl (C=O) groups excluding carboxylic acids is 3. The van der Waals surface area contributed by atoms with Gasteiger partial charge in [-0.15, -0.1) is 0 Å². The summed E-state index contributed by atoms with van der Waals surface area (Å²) in [6, 6.07) is 17.0. The van der Waals surface area contributed by atoms with E-state index >= 15 is 0 Å². The van der Waals surface area contributed by atoms with Gasteiger partial charge in [-0.1, -0.05) is 34.8 Å². The fourth-order valence-corrected chi connectivity index (χ4v) is 3.89. The number of anilines is 2. The minimum atomic E-state index is -0.716. The van der Waals surface area contributed by atoms with Gasteiger partial charge in [0, 0.05) is 15.7 Å². The molecule has 0 radical (unpaired) electrons. The van der Waals surface area contributed by atoms with Crippen molar-refractivity contribution in [2.24, 2.45) is 0 Å². The third kappa shape index (κ3) is 4.87. The summed E-state index contributed by atoms with van der Waals surface area (Å²) in [5.41, 5.74) is 0.794. The molecule has 1 N–H and O–H groups in total. The Bertz CT molecular complexity index is 1300. The van der Waals surface area contributed by atoms with E-state index in [-0.39, 0.29) is 32.0 Å². The predicted molar refractivity (Wildman–Crippen MR) is 130 cm³/mol. The normalized spacial score (nSPS) is 13.4. The van der Waals surface area contributed by atoms with Crippen LogP contribution >= 0.6 is 34.8 Å². The highest BCUT2D eigenvalue weighted by atomic mass is 35.5. The number of hydrogen-bond acceptors (Lipinski definition) is 6. The standard InChI is InChI=1S/C24H15Cl3N2O5/c1-33-18-6-8-19(9-7-18)34-24(32)13-2-4-16(5-3-13)28-21-20(27)22(30)29(23(21)31)17-11-14(25)10-15(26)12-17/h2-12,28H,1H3. The Balaban J connectivity index is 1.47. The molecular weight excluding hydrogens is 503 g/mol. The first-order valence-corrected chi connectivity index (χ1v) is 10.9. The monoisotopic (exact) mass is 516 g/mol. The summed E-state index contributed by atoms with van der Waals surface area (Å²) in [5.74, 6) is -0.949. The van der Waals surface area contributed by atoms with Crippen LogP contribution in [0.1, 0.15) is 10.4 Å². The molecule has 1 heterocycles. The average Bonchev–Trinajstić information content (AvgIpc) is 3.02. The molecule has 0 aliphatic carbocycles.